The molecule has 4 unspecified atom stereocenters. The average Bonchev–Trinajstić information content (AvgIpc) is 2.66. The molecule has 1 amide bonds. The van der Waals surface area contributed by atoms with Crippen LogP contribution in [0.2, 0.25) is 0 Å². The van der Waals surface area contributed by atoms with Crippen molar-refractivity contribution in [3.8, 4) is 0 Å². The monoisotopic (exact) mass is 295 g/mol. The predicted octanol–water partition coefficient (Wildman–Crippen LogP) is 2.13. The Labute approximate surface area is 129 Å². The lowest BCUT2D eigenvalue weighted by molar-refractivity contribution is -0.125. The Morgan fingerprint density at radius 3 is 2.43 bits per heavy atom. The Balaban J connectivity index is 1.65. The summed E-state index contributed by atoms with van der Waals surface area (Å²) < 4.78 is 0. The van der Waals surface area contributed by atoms with Gasteiger partial charge in [0.15, 0.2) is 0 Å². The molecular formula is C17H33N3O. The number of nitrogens with one attached hydrogen (secondary N) is 1. The molecule has 4 nitrogen and oxygen atoms in total. The number of hydrogen-bond acceptors (Lipinski definition) is 3. The molecule has 0 aliphatic carbocycles. The smallest absolute Gasteiger partial charge is 0.222 e. The number of fused-ring (bicyclic) bond motifs is 2. The van der Waals surface area contributed by atoms with E-state index in [4.69, 9.17) is 5.73 Å². The Morgan fingerprint density at radius 1 is 1.24 bits per heavy atom. The molecule has 0 aromatic carbocycles. The molecular weight excluding hydrogens is 262 g/mol. The summed E-state index contributed by atoms with van der Waals surface area (Å²) in [4.78, 5) is 14.7. The van der Waals surface area contributed by atoms with Gasteiger partial charge in [-0.2, -0.15) is 0 Å². The maximum absolute atomic E-state index is 12.2. The topological polar surface area (TPSA) is 58.4 Å². The maximum atomic E-state index is 12.2. The van der Waals surface area contributed by atoms with Crippen molar-refractivity contribution in [1.29, 1.82) is 0 Å². The van der Waals surface area contributed by atoms with Crippen LogP contribution in [-0.4, -0.2) is 42.5 Å². The fraction of sp³-hybridized carbons (Fsp3) is 0.941. The van der Waals surface area contributed by atoms with Gasteiger partial charge >= 0.3 is 0 Å². The molecule has 4 heteroatoms. The van der Waals surface area contributed by atoms with Crippen LogP contribution in [0.25, 0.3) is 0 Å². The van der Waals surface area contributed by atoms with Gasteiger partial charge in [-0.15, -0.1) is 0 Å². The second kappa shape index (κ2) is 7.59. The summed E-state index contributed by atoms with van der Waals surface area (Å²) in [5.41, 5.74) is 5.75. The molecule has 2 aliphatic heterocycles. The molecule has 0 radical (unpaired) electrons. The Hall–Kier alpha value is -0.610. The molecule has 2 aliphatic rings. The number of piperidine rings is 1. The van der Waals surface area contributed by atoms with Gasteiger partial charge in [-0.1, -0.05) is 13.3 Å². The summed E-state index contributed by atoms with van der Waals surface area (Å²) in [6.45, 7) is 4.94. The van der Waals surface area contributed by atoms with Gasteiger partial charge in [-0.3, -0.25) is 4.79 Å². The summed E-state index contributed by atoms with van der Waals surface area (Å²) >= 11 is 0. The first-order valence-electron chi connectivity index (χ1n) is 8.72. The highest BCUT2D eigenvalue weighted by Crippen LogP contribution is 2.37. The van der Waals surface area contributed by atoms with Gasteiger partial charge in [-0.05, 0) is 58.4 Å². The molecule has 0 aromatic heterocycles. The van der Waals surface area contributed by atoms with E-state index in [-0.39, 0.29) is 17.9 Å². The summed E-state index contributed by atoms with van der Waals surface area (Å²) in [5, 5.41) is 3.19. The first-order chi connectivity index (χ1) is 9.97. The van der Waals surface area contributed by atoms with Crippen LogP contribution in [0.5, 0.6) is 0 Å². The van der Waals surface area contributed by atoms with Crippen molar-refractivity contribution < 1.29 is 4.79 Å². The van der Waals surface area contributed by atoms with Crippen LogP contribution >= 0.6 is 0 Å². The lowest BCUT2D eigenvalue weighted by Gasteiger charge is -2.36. The number of hydrogen-bond donors (Lipinski definition) is 2. The first-order valence-corrected chi connectivity index (χ1v) is 8.72. The van der Waals surface area contributed by atoms with Crippen LogP contribution in [-0.2, 0) is 4.79 Å². The van der Waals surface area contributed by atoms with E-state index >= 15 is 0 Å². The Kier molecular flexibility index (Phi) is 6.06. The van der Waals surface area contributed by atoms with Gasteiger partial charge in [0.1, 0.15) is 0 Å². The van der Waals surface area contributed by atoms with Crippen LogP contribution in [0.4, 0.5) is 0 Å². The van der Waals surface area contributed by atoms with Gasteiger partial charge in [0.2, 0.25) is 5.91 Å². The summed E-state index contributed by atoms with van der Waals surface area (Å²) in [5.74, 6) is 1.02. The van der Waals surface area contributed by atoms with E-state index in [1.165, 1.54) is 25.7 Å². The second-order valence-electron chi connectivity index (χ2n) is 7.44. The molecule has 21 heavy (non-hydrogen) atoms. The third-order valence-corrected chi connectivity index (χ3v) is 5.51. The number of nitrogens with zero attached hydrogens (tertiary/aromatic N) is 1. The lowest BCUT2D eigenvalue weighted by Crippen LogP contribution is -2.43. The van der Waals surface area contributed by atoms with E-state index in [2.05, 4.69) is 17.3 Å². The third kappa shape index (κ3) is 4.68. The number of nitrogens with two attached hydrogens (primary N) is 1. The molecule has 2 rings (SSSR count). The number of amides is 1. The molecule has 2 fully saturated rings. The fourth-order valence-corrected chi connectivity index (χ4v) is 3.99. The maximum Gasteiger partial charge on any atom is 0.222 e. The highest BCUT2D eigenvalue weighted by Gasteiger charge is 2.38. The van der Waals surface area contributed by atoms with Crippen molar-refractivity contribution in [2.75, 3.05) is 13.6 Å². The van der Waals surface area contributed by atoms with Crippen molar-refractivity contribution in [3.05, 3.63) is 0 Å². The first kappa shape index (κ1) is 16.8. The minimum Gasteiger partial charge on any atom is -0.356 e. The molecule has 4 atom stereocenters. The minimum atomic E-state index is 0.117. The van der Waals surface area contributed by atoms with Gasteiger partial charge < -0.3 is 16.0 Å². The van der Waals surface area contributed by atoms with Crippen LogP contribution in [0.15, 0.2) is 0 Å². The zero-order valence-corrected chi connectivity index (χ0v) is 14.0. The van der Waals surface area contributed by atoms with Gasteiger partial charge in [-0.25, -0.2) is 0 Å². The van der Waals surface area contributed by atoms with Gasteiger partial charge in [0.25, 0.3) is 0 Å². The largest absolute Gasteiger partial charge is 0.356 e. The molecule has 3 N–H and O–H groups in total. The predicted molar refractivity (Wildman–Crippen MR) is 87.0 cm³/mol. The quantitative estimate of drug-likeness (QED) is 0.756. The summed E-state index contributed by atoms with van der Waals surface area (Å²) in [7, 11) is 2.26. The van der Waals surface area contributed by atoms with Crippen molar-refractivity contribution in [2.45, 2.75) is 76.9 Å². The van der Waals surface area contributed by atoms with E-state index < -0.39 is 0 Å². The molecule has 2 bridgehead atoms. The lowest BCUT2D eigenvalue weighted by atomic mass is 9.91. The van der Waals surface area contributed by atoms with Crippen LogP contribution in [0.3, 0.4) is 0 Å². The number of carbonyl (C=O) groups is 1. The van der Waals surface area contributed by atoms with E-state index in [9.17, 15) is 4.79 Å². The SMILES string of the molecule is CC(N)CCCC(C)C(=O)NCC1CC2CCC(C1)N2C. The number of carbonyl (C=O) groups excluding carboxylic acids is 1. The van der Waals surface area contributed by atoms with Crippen molar-refractivity contribution in [2.24, 2.45) is 17.6 Å². The van der Waals surface area contributed by atoms with E-state index in [1.807, 2.05) is 13.8 Å². The summed E-state index contributed by atoms with van der Waals surface area (Å²) in [6, 6.07) is 1.76. The van der Waals surface area contributed by atoms with E-state index in [0.717, 1.165) is 37.9 Å². The van der Waals surface area contributed by atoms with Gasteiger partial charge in [0, 0.05) is 30.6 Å². The fourth-order valence-electron chi connectivity index (χ4n) is 3.99. The normalized spacial score (nSPS) is 31.9. The zero-order chi connectivity index (χ0) is 15.4. The molecule has 122 valence electrons. The zero-order valence-electron chi connectivity index (χ0n) is 14.0. The van der Waals surface area contributed by atoms with Crippen molar-refractivity contribution in [1.82, 2.24) is 10.2 Å². The van der Waals surface area contributed by atoms with E-state index in [1.54, 1.807) is 0 Å². The van der Waals surface area contributed by atoms with Crippen LogP contribution in [0, 0.1) is 11.8 Å². The standard InChI is InChI=1S/C17H33N3O/c1-12(5-4-6-13(2)18)17(21)19-11-14-9-15-7-8-16(10-14)20(15)3/h12-16H,4-11,18H2,1-3H3,(H,19,21). The van der Waals surface area contributed by atoms with Crippen LogP contribution in [0.1, 0.15) is 58.8 Å². The molecule has 2 saturated heterocycles. The Bertz CT molecular complexity index is 331. The minimum absolute atomic E-state index is 0.117. The molecule has 0 spiro atoms. The Morgan fingerprint density at radius 2 is 1.86 bits per heavy atom. The highest BCUT2D eigenvalue weighted by molar-refractivity contribution is 5.78. The van der Waals surface area contributed by atoms with E-state index in [0.29, 0.717) is 5.92 Å². The highest BCUT2D eigenvalue weighted by atomic mass is 16.1. The average molecular weight is 295 g/mol. The van der Waals surface area contributed by atoms with Crippen molar-refractivity contribution in [3.63, 3.8) is 0 Å². The molecule has 2 heterocycles. The molecule has 0 aromatic rings. The van der Waals surface area contributed by atoms with Crippen LogP contribution < -0.4 is 11.1 Å². The number of rotatable bonds is 7. The van der Waals surface area contributed by atoms with Gasteiger partial charge in [0.05, 0.1) is 0 Å². The third-order valence-electron chi connectivity index (χ3n) is 5.51. The second-order valence-corrected chi connectivity index (χ2v) is 7.44. The van der Waals surface area contributed by atoms with Crippen molar-refractivity contribution >= 4 is 5.91 Å². The molecule has 0 saturated carbocycles. The summed E-state index contributed by atoms with van der Waals surface area (Å²) in [6.07, 6.45) is 8.21.